The fraction of sp³-hybridized carbons (Fsp3) is 0.447. The van der Waals surface area contributed by atoms with E-state index >= 15 is 0 Å². The zero-order valence-electron chi connectivity index (χ0n) is 36.5. The third-order valence-corrected chi connectivity index (χ3v) is 14.1. The van der Waals surface area contributed by atoms with Gasteiger partial charge >= 0.3 is 0 Å². The Kier molecular flexibility index (Phi) is 14.3. The Hall–Kier alpha value is -5.28. The highest BCUT2D eigenvalue weighted by Gasteiger charge is 2.36. The van der Waals surface area contributed by atoms with Crippen molar-refractivity contribution in [2.45, 2.75) is 96.3 Å². The van der Waals surface area contributed by atoms with Crippen molar-refractivity contribution >= 4 is 63.0 Å². The molecule has 0 spiro atoms. The molecule has 0 radical (unpaired) electrons. The molecule has 0 aliphatic carbocycles. The Balaban J connectivity index is 1.09. The molecule has 0 unspecified atom stereocenters. The fourth-order valence-electron chi connectivity index (χ4n) is 7.98. The number of aromatic nitrogens is 1. The van der Waals surface area contributed by atoms with Crippen molar-refractivity contribution in [3.63, 3.8) is 0 Å². The van der Waals surface area contributed by atoms with Gasteiger partial charge in [-0.15, -0.1) is 0 Å². The first-order valence-corrected chi connectivity index (χ1v) is 23.5. The lowest BCUT2D eigenvalue weighted by atomic mass is 10.0. The number of benzene rings is 2. The molecule has 1 aromatic heterocycles. The summed E-state index contributed by atoms with van der Waals surface area (Å²) in [7, 11) is 6.58. The summed E-state index contributed by atoms with van der Waals surface area (Å²) >= 11 is 0. The maximum absolute atomic E-state index is 13.7. The van der Waals surface area contributed by atoms with Crippen molar-refractivity contribution in [1.82, 2.24) is 14.8 Å². The van der Waals surface area contributed by atoms with Gasteiger partial charge in [-0.05, 0) is 71.8 Å². The molecule has 3 aromatic rings. The van der Waals surface area contributed by atoms with E-state index in [4.69, 9.17) is 38.7 Å². The van der Waals surface area contributed by atoms with Gasteiger partial charge in [-0.25, -0.2) is 0 Å². The Morgan fingerprint density at radius 1 is 0.758 bits per heavy atom. The van der Waals surface area contributed by atoms with Crippen LogP contribution in [-0.4, -0.2) is 102 Å². The molecule has 7 rings (SSSR count). The van der Waals surface area contributed by atoms with Gasteiger partial charge in [0.05, 0.1) is 66.8 Å². The van der Waals surface area contributed by atoms with Gasteiger partial charge in [-0.2, -0.15) is 0 Å². The molecule has 0 saturated carbocycles. The van der Waals surface area contributed by atoms with Crippen LogP contribution in [0.2, 0.25) is 0 Å². The van der Waals surface area contributed by atoms with E-state index in [2.05, 4.69) is 32.3 Å². The highest BCUT2D eigenvalue weighted by atomic mass is 33.1. The van der Waals surface area contributed by atoms with Crippen LogP contribution in [-0.2, 0) is 18.0 Å². The molecular formula is C47H55N5O8S2. The molecule has 2 fully saturated rings. The van der Waals surface area contributed by atoms with Gasteiger partial charge in [0, 0.05) is 67.4 Å². The Morgan fingerprint density at radius 3 is 1.74 bits per heavy atom. The first-order valence-electron chi connectivity index (χ1n) is 21.0. The van der Waals surface area contributed by atoms with Gasteiger partial charge in [0.1, 0.15) is 24.7 Å². The summed E-state index contributed by atoms with van der Waals surface area (Å²) in [6.45, 7) is 9.83. The number of pyridine rings is 1. The number of methoxy groups -OCH3 is 2. The van der Waals surface area contributed by atoms with Crippen molar-refractivity contribution < 1.29 is 38.1 Å². The molecule has 62 heavy (non-hydrogen) atoms. The standard InChI is InChI=1S/C47H55N5O8S2/c1-8-29-15-33-23-48-39-21-43(41(56-5)19-37(39)45(54)51(33)25-29)59-27-31-17-36(58-14-10-11-35(53)12-13-47(3,4)62-61-7)18-32(50-31)28-60-44-22-40-38(20-42(44)57-6)46(55)52-26-30(9-2)16-34(52)24-49-40/h8-9,17-24,33-34H,10-16,25-28H2,1-7H3/b29-8+,30-9+/t33-,34-/m0/s1. The number of carbonyl (C=O) groups is 3. The van der Waals surface area contributed by atoms with Crippen molar-refractivity contribution in [3.8, 4) is 28.7 Å². The number of rotatable bonds is 18. The maximum Gasteiger partial charge on any atom is 0.257 e. The number of fused-ring (bicyclic) bond motifs is 4. The van der Waals surface area contributed by atoms with Gasteiger partial charge < -0.3 is 33.5 Å². The first kappa shape index (κ1) is 44.8. The molecule has 2 saturated heterocycles. The number of nitrogens with zero attached hydrogens (tertiary/aromatic N) is 5. The average molecular weight is 882 g/mol. The highest BCUT2D eigenvalue weighted by molar-refractivity contribution is 8.76. The lowest BCUT2D eigenvalue weighted by Crippen LogP contribution is -2.35. The van der Waals surface area contributed by atoms with Crippen molar-refractivity contribution in [3.05, 3.63) is 82.2 Å². The van der Waals surface area contributed by atoms with Crippen LogP contribution in [0.1, 0.15) is 98.3 Å². The Morgan fingerprint density at radius 2 is 1.27 bits per heavy atom. The van der Waals surface area contributed by atoms with E-state index in [-0.39, 0.29) is 47.6 Å². The second-order valence-electron chi connectivity index (χ2n) is 16.3. The number of allylic oxidation sites excluding steroid dienone is 2. The maximum atomic E-state index is 13.7. The van der Waals surface area contributed by atoms with Crippen LogP contribution < -0.4 is 23.7 Å². The molecule has 5 heterocycles. The molecule has 0 bridgehead atoms. The van der Waals surface area contributed by atoms with Crippen molar-refractivity contribution in [2.24, 2.45) is 9.98 Å². The van der Waals surface area contributed by atoms with Gasteiger partial charge in [0.2, 0.25) is 0 Å². The monoisotopic (exact) mass is 881 g/mol. The summed E-state index contributed by atoms with van der Waals surface area (Å²) < 4.78 is 30.4. The van der Waals surface area contributed by atoms with Crippen molar-refractivity contribution in [2.75, 3.05) is 40.2 Å². The van der Waals surface area contributed by atoms with E-state index in [9.17, 15) is 14.4 Å². The first-order chi connectivity index (χ1) is 29.9. The smallest absolute Gasteiger partial charge is 0.257 e. The van der Waals surface area contributed by atoms with E-state index < -0.39 is 0 Å². The zero-order valence-corrected chi connectivity index (χ0v) is 38.2. The third-order valence-electron chi connectivity index (χ3n) is 11.5. The Bertz CT molecular complexity index is 2190. The number of ether oxygens (including phenoxy) is 5. The van der Waals surface area contributed by atoms with E-state index in [1.807, 2.05) is 36.1 Å². The normalized spacial score (nSPS) is 19.2. The van der Waals surface area contributed by atoms with E-state index in [0.29, 0.717) is 102 Å². The van der Waals surface area contributed by atoms with Crippen LogP contribution in [0.5, 0.6) is 28.7 Å². The molecular weight excluding hydrogens is 827 g/mol. The van der Waals surface area contributed by atoms with Gasteiger partial charge in [0.25, 0.3) is 11.8 Å². The minimum Gasteiger partial charge on any atom is -0.493 e. The highest BCUT2D eigenvalue weighted by Crippen LogP contribution is 2.41. The zero-order chi connectivity index (χ0) is 44.0. The van der Waals surface area contributed by atoms with Gasteiger partial charge in [0.15, 0.2) is 23.0 Å². The average Bonchev–Trinajstić information content (AvgIpc) is 3.84. The predicted molar refractivity (Wildman–Crippen MR) is 246 cm³/mol. The molecule has 4 aliphatic heterocycles. The minimum absolute atomic E-state index is 0.0292. The summed E-state index contributed by atoms with van der Waals surface area (Å²) in [6, 6.07) is 10.2. The SMILES string of the molecule is C/C=C1\C[C@H]2C=Nc3cc(OCc4cc(OCCCC(=O)CCC(C)(C)SSC)cc(COc5cc6c(cc5OC)C(=O)N5C/C(=C/C)C[C@H]5C=N6)n4)c(OC)cc3C(=O)N2C1. The summed E-state index contributed by atoms with van der Waals surface area (Å²) in [4.78, 5) is 58.0. The third kappa shape index (κ3) is 10.3. The summed E-state index contributed by atoms with van der Waals surface area (Å²) in [5.41, 5.74) is 5.41. The number of hydrogen-bond acceptors (Lipinski definition) is 13. The van der Waals surface area contributed by atoms with Crippen LogP contribution >= 0.6 is 21.6 Å². The van der Waals surface area contributed by atoms with Crippen LogP contribution in [0.15, 0.2) is 69.7 Å². The van der Waals surface area contributed by atoms with Crippen LogP contribution in [0.3, 0.4) is 0 Å². The van der Waals surface area contributed by atoms with Gasteiger partial charge in [-0.3, -0.25) is 29.4 Å². The molecule has 15 heteroatoms. The molecule has 328 valence electrons. The van der Waals surface area contributed by atoms with E-state index in [1.165, 1.54) is 25.4 Å². The lowest BCUT2D eigenvalue weighted by molar-refractivity contribution is -0.119. The molecule has 4 aliphatic rings. The lowest BCUT2D eigenvalue weighted by Gasteiger charge is -2.21. The summed E-state index contributed by atoms with van der Waals surface area (Å²) in [5, 5.41) is 0. The number of carbonyl (C=O) groups excluding carboxylic acids is 3. The number of ketones is 1. The number of hydrogen-bond donors (Lipinski definition) is 0. The van der Waals surface area contributed by atoms with E-state index in [0.717, 1.165) is 19.3 Å². The summed E-state index contributed by atoms with van der Waals surface area (Å²) in [5.74, 6) is 2.15. The number of Topliss-reactive ketones (excluding diaryl/α,β-unsaturated/α-hetero) is 1. The molecule has 2 aromatic carbocycles. The Labute approximate surface area is 371 Å². The van der Waals surface area contributed by atoms with Crippen molar-refractivity contribution in [1.29, 1.82) is 0 Å². The van der Waals surface area contributed by atoms with Crippen LogP contribution in [0.25, 0.3) is 0 Å². The quantitative estimate of drug-likeness (QED) is 0.0686. The molecule has 2 amide bonds. The second-order valence-corrected chi connectivity index (χ2v) is 19.4. The molecule has 2 atom stereocenters. The molecule has 0 N–H and O–H groups in total. The predicted octanol–water partition coefficient (Wildman–Crippen LogP) is 9.31. The number of amides is 2. The summed E-state index contributed by atoms with van der Waals surface area (Å²) in [6.07, 6.45) is 13.7. The fourth-order valence-corrected chi connectivity index (χ4v) is 10.2. The van der Waals surface area contributed by atoms with Gasteiger partial charge in [-0.1, -0.05) is 44.9 Å². The number of aliphatic imine (C=N–C) groups is 2. The van der Waals surface area contributed by atoms with E-state index in [1.54, 1.807) is 58.0 Å². The molecule has 13 nitrogen and oxygen atoms in total. The largest absolute Gasteiger partial charge is 0.493 e. The van der Waals surface area contributed by atoms with Crippen LogP contribution in [0.4, 0.5) is 11.4 Å². The van der Waals surface area contributed by atoms with Crippen LogP contribution in [0, 0.1) is 0 Å². The topological polar surface area (TPSA) is 141 Å². The second kappa shape index (κ2) is 19.8. The minimum atomic E-state index is -0.108.